The molecule has 0 aliphatic heterocycles. The summed E-state index contributed by atoms with van der Waals surface area (Å²) in [7, 11) is 0. The molecule has 3 aromatic rings. The van der Waals surface area contributed by atoms with E-state index >= 15 is 0 Å². The van der Waals surface area contributed by atoms with E-state index < -0.39 is 0 Å². The summed E-state index contributed by atoms with van der Waals surface area (Å²) in [6.45, 7) is 0. The highest BCUT2D eigenvalue weighted by Gasteiger charge is 1.97. The van der Waals surface area contributed by atoms with Gasteiger partial charge in [-0.15, -0.1) is 0 Å². The SMILES string of the molecule is C(=CCc1cccc2ccccc12)Cc1ccccc1. The number of fused-ring (bicyclic) bond motifs is 1. The van der Waals surface area contributed by atoms with Gasteiger partial charge in [-0.1, -0.05) is 84.9 Å². The molecule has 0 bridgehead atoms. The molecule has 0 unspecified atom stereocenters. The second kappa shape index (κ2) is 6.21. The topological polar surface area (TPSA) is 0 Å². The predicted molar refractivity (Wildman–Crippen MR) is 86.9 cm³/mol. The lowest BCUT2D eigenvalue weighted by atomic mass is 10.0. The zero-order chi connectivity index (χ0) is 13.6. The van der Waals surface area contributed by atoms with Crippen molar-refractivity contribution in [3.05, 3.63) is 96.1 Å². The zero-order valence-corrected chi connectivity index (χ0v) is 11.5. The van der Waals surface area contributed by atoms with Crippen LogP contribution in [0.3, 0.4) is 0 Å². The summed E-state index contributed by atoms with van der Waals surface area (Å²) in [6.07, 6.45) is 6.53. The zero-order valence-electron chi connectivity index (χ0n) is 11.5. The number of hydrogen-bond acceptors (Lipinski definition) is 0. The highest BCUT2D eigenvalue weighted by Crippen LogP contribution is 2.19. The molecule has 3 aromatic carbocycles. The highest BCUT2D eigenvalue weighted by molar-refractivity contribution is 5.85. The second-order valence-electron chi connectivity index (χ2n) is 5.00. The first-order valence-corrected chi connectivity index (χ1v) is 7.09. The van der Waals surface area contributed by atoms with Crippen LogP contribution in [-0.2, 0) is 12.8 Å². The highest BCUT2D eigenvalue weighted by atomic mass is 14.0. The van der Waals surface area contributed by atoms with Gasteiger partial charge in [0, 0.05) is 0 Å². The molecule has 0 nitrogen and oxygen atoms in total. The largest absolute Gasteiger partial charge is 0.0838 e. The Morgan fingerprint density at radius 1 is 0.600 bits per heavy atom. The molecule has 20 heavy (non-hydrogen) atoms. The Labute approximate surface area is 120 Å². The van der Waals surface area contributed by atoms with Crippen molar-refractivity contribution in [2.75, 3.05) is 0 Å². The average Bonchev–Trinajstić information content (AvgIpc) is 2.53. The fraction of sp³-hybridized carbons (Fsp3) is 0.100. The minimum Gasteiger partial charge on any atom is -0.0838 e. The van der Waals surface area contributed by atoms with E-state index in [9.17, 15) is 0 Å². The molecule has 0 aliphatic rings. The smallest absolute Gasteiger partial charge is 0.00912 e. The standard InChI is InChI=1S/C20H18/c1-2-9-17(10-3-1)11-4-5-12-18-14-8-15-19-13-6-7-16-20(18)19/h1-10,13-16H,11-12H2. The fourth-order valence-corrected chi connectivity index (χ4v) is 2.51. The Kier molecular flexibility index (Phi) is 3.93. The van der Waals surface area contributed by atoms with Crippen LogP contribution in [0.2, 0.25) is 0 Å². The number of allylic oxidation sites excluding steroid dienone is 2. The summed E-state index contributed by atoms with van der Waals surface area (Å²) in [5.74, 6) is 0. The molecule has 0 heteroatoms. The van der Waals surface area contributed by atoms with Crippen molar-refractivity contribution in [3.8, 4) is 0 Å². The molecular formula is C20H18. The normalized spacial score (nSPS) is 11.2. The van der Waals surface area contributed by atoms with Crippen molar-refractivity contribution in [1.29, 1.82) is 0 Å². The molecule has 0 aliphatic carbocycles. The third-order valence-electron chi connectivity index (χ3n) is 3.58. The molecule has 0 radical (unpaired) electrons. The molecule has 3 rings (SSSR count). The van der Waals surface area contributed by atoms with Gasteiger partial charge >= 0.3 is 0 Å². The Hall–Kier alpha value is -2.34. The molecule has 0 amide bonds. The van der Waals surface area contributed by atoms with Gasteiger partial charge < -0.3 is 0 Å². The molecule has 0 aromatic heterocycles. The summed E-state index contributed by atoms with van der Waals surface area (Å²) in [5.41, 5.74) is 2.76. The van der Waals surface area contributed by atoms with Crippen LogP contribution in [-0.4, -0.2) is 0 Å². The van der Waals surface area contributed by atoms with Gasteiger partial charge in [-0.05, 0) is 34.7 Å². The van der Waals surface area contributed by atoms with Crippen LogP contribution in [0.4, 0.5) is 0 Å². The van der Waals surface area contributed by atoms with Crippen molar-refractivity contribution < 1.29 is 0 Å². The van der Waals surface area contributed by atoms with Gasteiger partial charge in [-0.2, -0.15) is 0 Å². The van der Waals surface area contributed by atoms with Crippen molar-refractivity contribution in [3.63, 3.8) is 0 Å². The van der Waals surface area contributed by atoms with Gasteiger partial charge in [0.25, 0.3) is 0 Å². The van der Waals surface area contributed by atoms with Gasteiger partial charge in [-0.3, -0.25) is 0 Å². The van der Waals surface area contributed by atoms with Crippen LogP contribution in [0.5, 0.6) is 0 Å². The monoisotopic (exact) mass is 258 g/mol. The maximum absolute atomic E-state index is 2.27. The summed E-state index contributed by atoms with van der Waals surface area (Å²) in [5, 5.41) is 2.68. The van der Waals surface area contributed by atoms with Crippen molar-refractivity contribution in [1.82, 2.24) is 0 Å². The van der Waals surface area contributed by atoms with Gasteiger partial charge in [-0.25, -0.2) is 0 Å². The summed E-state index contributed by atoms with van der Waals surface area (Å²) < 4.78 is 0. The minimum absolute atomic E-state index is 0.994. The second-order valence-corrected chi connectivity index (χ2v) is 5.00. The first-order valence-electron chi connectivity index (χ1n) is 7.09. The number of hydrogen-bond donors (Lipinski definition) is 0. The molecule has 0 saturated heterocycles. The molecule has 0 heterocycles. The lowest BCUT2D eigenvalue weighted by Crippen LogP contribution is -1.85. The van der Waals surface area contributed by atoms with E-state index in [1.807, 2.05) is 0 Å². The van der Waals surface area contributed by atoms with Crippen LogP contribution < -0.4 is 0 Å². The number of rotatable bonds is 4. The third kappa shape index (κ3) is 2.97. The Morgan fingerprint density at radius 3 is 2.20 bits per heavy atom. The minimum atomic E-state index is 0.994. The third-order valence-corrected chi connectivity index (χ3v) is 3.58. The maximum atomic E-state index is 2.27. The van der Waals surface area contributed by atoms with Crippen molar-refractivity contribution >= 4 is 10.8 Å². The van der Waals surface area contributed by atoms with Gasteiger partial charge in [0.15, 0.2) is 0 Å². The van der Waals surface area contributed by atoms with E-state index in [1.165, 1.54) is 21.9 Å². The first kappa shape index (κ1) is 12.7. The van der Waals surface area contributed by atoms with E-state index in [0.717, 1.165) is 12.8 Å². The Bertz CT molecular complexity index is 703. The van der Waals surface area contributed by atoms with Crippen LogP contribution in [0, 0.1) is 0 Å². The number of benzene rings is 3. The molecule has 0 atom stereocenters. The molecule has 98 valence electrons. The van der Waals surface area contributed by atoms with Crippen LogP contribution in [0.25, 0.3) is 10.8 Å². The average molecular weight is 258 g/mol. The van der Waals surface area contributed by atoms with E-state index in [1.54, 1.807) is 0 Å². The fourth-order valence-electron chi connectivity index (χ4n) is 2.51. The maximum Gasteiger partial charge on any atom is -0.00912 e. The summed E-state index contributed by atoms with van der Waals surface area (Å²) in [6, 6.07) is 25.7. The van der Waals surface area contributed by atoms with Crippen LogP contribution >= 0.6 is 0 Å². The molecule has 0 saturated carbocycles. The van der Waals surface area contributed by atoms with Crippen LogP contribution in [0.1, 0.15) is 11.1 Å². The molecular weight excluding hydrogens is 240 g/mol. The summed E-state index contributed by atoms with van der Waals surface area (Å²) in [4.78, 5) is 0. The van der Waals surface area contributed by atoms with E-state index in [0.29, 0.717) is 0 Å². The Morgan fingerprint density at radius 2 is 1.30 bits per heavy atom. The van der Waals surface area contributed by atoms with Gasteiger partial charge in [0.2, 0.25) is 0 Å². The van der Waals surface area contributed by atoms with E-state index in [4.69, 9.17) is 0 Å². The molecule has 0 fully saturated rings. The van der Waals surface area contributed by atoms with Gasteiger partial charge in [0.1, 0.15) is 0 Å². The Balaban J connectivity index is 1.71. The van der Waals surface area contributed by atoms with Crippen LogP contribution in [0.15, 0.2) is 84.9 Å². The molecule has 0 N–H and O–H groups in total. The van der Waals surface area contributed by atoms with Crippen molar-refractivity contribution in [2.45, 2.75) is 12.8 Å². The van der Waals surface area contributed by atoms with Crippen molar-refractivity contribution in [2.24, 2.45) is 0 Å². The van der Waals surface area contributed by atoms with Gasteiger partial charge in [0.05, 0.1) is 0 Å². The summed E-state index contributed by atoms with van der Waals surface area (Å²) >= 11 is 0. The molecule has 0 spiro atoms. The van der Waals surface area contributed by atoms with E-state index in [2.05, 4.69) is 84.9 Å². The van der Waals surface area contributed by atoms with E-state index in [-0.39, 0.29) is 0 Å². The first-order chi connectivity index (χ1) is 9.93. The lowest BCUT2D eigenvalue weighted by molar-refractivity contribution is 1.22. The predicted octanol–water partition coefficient (Wildman–Crippen LogP) is 5.18. The lowest BCUT2D eigenvalue weighted by Gasteiger charge is -2.03. The quantitative estimate of drug-likeness (QED) is 0.565.